The van der Waals surface area contributed by atoms with E-state index in [9.17, 15) is 4.39 Å². The van der Waals surface area contributed by atoms with Crippen LogP contribution >= 0.6 is 0 Å². The number of aryl methyl sites for hydroxylation is 1. The van der Waals surface area contributed by atoms with E-state index >= 15 is 0 Å². The lowest BCUT2D eigenvalue weighted by atomic mass is 10.1. The Bertz CT molecular complexity index is 611. The van der Waals surface area contributed by atoms with Gasteiger partial charge in [0.2, 0.25) is 0 Å². The first-order valence-corrected chi connectivity index (χ1v) is 7.06. The van der Waals surface area contributed by atoms with Crippen molar-refractivity contribution in [2.75, 3.05) is 17.7 Å². The fourth-order valence-corrected chi connectivity index (χ4v) is 2.13. The Hall–Kier alpha value is -2.23. The topological polar surface area (TPSA) is 47.3 Å². The van der Waals surface area contributed by atoms with E-state index in [1.807, 2.05) is 20.8 Å². The molecule has 0 amide bonds. The summed E-state index contributed by atoms with van der Waals surface area (Å²) in [6.45, 7) is 6.31. The minimum Gasteiger partial charge on any atom is -0.491 e. The second-order valence-electron chi connectivity index (χ2n) is 5.08. The number of hydrogen-bond acceptors (Lipinski definition) is 3. The van der Waals surface area contributed by atoms with Crippen molar-refractivity contribution in [2.45, 2.75) is 26.8 Å². The van der Waals surface area contributed by atoms with Crippen molar-refractivity contribution in [1.82, 2.24) is 0 Å². The second-order valence-corrected chi connectivity index (χ2v) is 5.08. The van der Waals surface area contributed by atoms with Crippen LogP contribution in [0.3, 0.4) is 0 Å². The lowest BCUT2D eigenvalue weighted by Gasteiger charge is -2.18. The molecule has 0 heterocycles. The second kappa shape index (κ2) is 6.48. The summed E-state index contributed by atoms with van der Waals surface area (Å²) in [5.41, 5.74) is 9.28. The number of hydrogen-bond donors (Lipinski definition) is 2. The van der Waals surface area contributed by atoms with Crippen LogP contribution in [0.2, 0.25) is 0 Å². The number of nitrogens with two attached hydrogens (primary N) is 1. The van der Waals surface area contributed by atoms with Gasteiger partial charge in [-0.3, -0.25) is 0 Å². The third-order valence-electron chi connectivity index (χ3n) is 3.35. The predicted molar refractivity (Wildman–Crippen MR) is 85.2 cm³/mol. The number of rotatable bonds is 5. The SMILES string of the molecule is CCOc1cc(NC(C)c2ccc(C)cc2)c(N)cc1F. The zero-order valence-corrected chi connectivity index (χ0v) is 12.6. The largest absolute Gasteiger partial charge is 0.491 e. The maximum absolute atomic E-state index is 13.7. The van der Waals surface area contributed by atoms with Crippen LogP contribution in [0.25, 0.3) is 0 Å². The number of nitrogen functional groups attached to an aromatic ring is 1. The van der Waals surface area contributed by atoms with Crippen LogP contribution in [0, 0.1) is 12.7 Å². The molecule has 3 N–H and O–H groups in total. The smallest absolute Gasteiger partial charge is 0.167 e. The highest BCUT2D eigenvalue weighted by atomic mass is 19.1. The van der Waals surface area contributed by atoms with Gasteiger partial charge in [0.1, 0.15) is 0 Å². The number of nitrogens with one attached hydrogen (secondary N) is 1. The molecule has 21 heavy (non-hydrogen) atoms. The number of benzene rings is 2. The Morgan fingerprint density at radius 1 is 1.24 bits per heavy atom. The number of anilines is 2. The third kappa shape index (κ3) is 3.66. The van der Waals surface area contributed by atoms with Crippen molar-refractivity contribution in [3.8, 4) is 5.75 Å². The molecule has 0 saturated carbocycles. The van der Waals surface area contributed by atoms with Gasteiger partial charge < -0.3 is 15.8 Å². The van der Waals surface area contributed by atoms with Crippen molar-refractivity contribution in [3.63, 3.8) is 0 Å². The summed E-state index contributed by atoms with van der Waals surface area (Å²) >= 11 is 0. The van der Waals surface area contributed by atoms with E-state index in [1.165, 1.54) is 11.6 Å². The van der Waals surface area contributed by atoms with Crippen LogP contribution in [0.5, 0.6) is 5.75 Å². The lowest BCUT2D eigenvalue weighted by Crippen LogP contribution is -2.09. The van der Waals surface area contributed by atoms with Gasteiger partial charge in [0.15, 0.2) is 11.6 Å². The van der Waals surface area contributed by atoms with Crippen molar-refractivity contribution < 1.29 is 9.13 Å². The molecule has 3 nitrogen and oxygen atoms in total. The Balaban J connectivity index is 2.22. The molecule has 0 aliphatic rings. The zero-order chi connectivity index (χ0) is 15.4. The van der Waals surface area contributed by atoms with Crippen LogP contribution in [-0.2, 0) is 0 Å². The van der Waals surface area contributed by atoms with Crippen molar-refractivity contribution in [2.24, 2.45) is 0 Å². The molecule has 112 valence electrons. The maximum atomic E-state index is 13.7. The van der Waals surface area contributed by atoms with Crippen molar-refractivity contribution >= 4 is 11.4 Å². The molecule has 0 radical (unpaired) electrons. The van der Waals surface area contributed by atoms with Crippen LogP contribution < -0.4 is 15.8 Å². The average Bonchev–Trinajstić information content (AvgIpc) is 2.45. The molecule has 0 saturated heterocycles. The molecule has 0 aliphatic heterocycles. The molecule has 0 spiro atoms. The molecular weight excluding hydrogens is 267 g/mol. The molecule has 0 fully saturated rings. The molecule has 0 aromatic heterocycles. The Labute approximate surface area is 124 Å². The van der Waals surface area contributed by atoms with Gasteiger partial charge in [0.05, 0.1) is 18.0 Å². The molecule has 1 unspecified atom stereocenters. The van der Waals surface area contributed by atoms with Gasteiger partial charge >= 0.3 is 0 Å². The van der Waals surface area contributed by atoms with E-state index in [4.69, 9.17) is 10.5 Å². The molecule has 2 aromatic carbocycles. The summed E-state index contributed by atoms with van der Waals surface area (Å²) in [7, 11) is 0. The lowest BCUT2D eigenvalue weighted by molar-refractivity contribution is 0.322. The van der Waals surface area contributed by atoms with E-state index in [1.54, 1.807) is 6.07 Å². The minimum atomic E-state index is -0.442. The van der Waals surface area contributed by atoms with Gasteiger partial charge in [-0.25, -0.2) is 4.39 Å². The Kier molecular flexibility index (Phi) is 4.68. The van der Waals surface area contributed by atoms with Gasteiger partial charge in [0, 0.05) is 18.2 Å². The molecule has 0 aliphatic carbocycles. The van der Waals surface area contributed by atoms with Crippen molar-refractivity contribution in [3.05, 3.63) is 53.3 Å². The van der Waals surface area contributed by atoms with Crippen LogP contribution in [0.1, 0.15) is 31.0 Å². The van der Waals surface area contributed by atoms with Gasteiger partial charge in [0.25, 0.3) is 0 Å². The van der Waals surface area contributed by atoms with Gasteiger partial charge in [-0.1, -0.05) is 29.8 Å². The van der Waals surface area contributed by atoms with Crippen molar-refractivity contribution in [1.29, 1.82) is 0 Å². The number of ether oxygens (including phenoxy) is 1. The van der Waals surface area contributed by atoms with Crippen LogP contribution in [0.4, 0.5) is 15.8 Å². The third-order valence-corrected chi connectivity index (χ3v) is 3.35. The fourth-order valence-electron chi connectivity index (χ4n) is 2.13. The Morgan fingerprint density at radius 3 is 2.52 bits per heavy atom. The highest BCUT2D eigenvalue weighted by Crippen LogP contribution is 2.31. The first kappa shape index (κ1) is 15.2. The molecule has 2 rings (SSSR count). The molecule has 2 aromatic rings. The van der Waals surface area contributed by atoms with Gasteiger partial charge in [-0.05, 0) is 26.3 Å². The summed E-state index contributed by atoms with van der Waals surface area (Å²) in [5, 5.41) is 3.30. The zero-order valence-electron chi connectivity index (χ0n) is 12.6. The monoisotopic (exact) mass is 288 g/mol. The first-order chi connectivity index (χ1) is 10.0. The van der Waals surface area contributed by atoms with Crippen LogP contribution in [-0.4, -0.2) is 6.61 Å². The standard InChI is InChI=1S/C17H21FN2O/c1-4-21-17-10-16(15(19)9-14(17)18)20-12(3)13-7-5-11(2)6-8-13/h5-10,12,20H,4,19H2,1-3H3. The maximum Gasteiger partial charge on any atom is 0.167 e. The average molecular weight is 288 g/mol. The fraction of sp³-hybridized carbons (Fsp3) is 0.294. The van der Waals surface area contributed by atoms with E-state index in [0.29, 0.717) is 18.0 Å². The quantitative estimate of drug-likeness (QED) is 0.807. The van der Waals surface area contributed by atoms with E-state index in [2.05, 4.69) is 29.6 Å². The first-order valence-electron chi connectivity index (χ1n) is 7.06. The van der Waals surface area contributed by atoms with Gasteiger partial charge in [-0.2, -0.15) is 0 Å². The number of halogens is 1. The van der Waals surface area contributed by atoms with Crippen LogP contribution in [0.15, 0.2) is 36.4 Å². The highest BCUT2D eigenvalue weighted by molar-refractivity contribution is 5.69. The summed E-state index contributed by atoms with van der Waals surface area (Å²) in [4.78, 5) is 0. The summed E-state index contributed by atoms with van der Waals surface area (Å²) in [5.74, 6) is -0.229. The molecule has 0 bridgehead atoms. The van der Waals surface area contributed by atoms with E-state index in [0.717, 1.165) is 5.56 Å². The normalized spacial score (nSPS) is 12.0. The Morgan fingerprint density at radius 2 is 1.90 bits per heavy atom. The molecule has 1 atom stereocenters. The predicted octanol–water partition coefficient (Wildman–Crippen LogP) is 4.29. The van der Waals surface area contributed by atoms with E-state index in [-0.39, 0.29) is 11.8 Å². The van der Waals surface area contributed by atoms with E-state index < -0.39 is 5.82 Å². The molecule has 4 heteroatoms. The van der Waals surface area contributed by atoms with Gasteiger partial charge in [-0.15, -0.1) is 0 Å². The molecular formula is C17H21FN2O. The summed E-state index contributed by atoms with van der Waals surface area (Å²) in [6.07, 6.45) is 0. The minimum absolute atomic E-state index is 0.0628. The summed E-state index contributed by atoms with van der Waals surface area (Å²) in [6, 6.07) is 11.2. The highest BCUT2D eigenvalue weighted by Gasteiger charge is 2.12. The summed E-state index contributed by atoms with van der Waals surface area (Å²) < 4.78 is 19.0.